The van der Waals surface area contributed by atoms with Gasteiger partial charge in [-0.05, 0) is 104 Å². The van der Waals surface area contributed by atoms with Crippen LogP contribution in [-0.4, -0.2) is 57.4 Å². The van der Waals surface area contributed by atoms with Crippen LogP contribution in [0, 0.1) is 5.92 Å². The summed E-state index contributed by atoms with van der Waals surface area (Å²) >= 11 is 0. The van der Waals surface area contributed by atoms with E-state index in [-0.39, 0.29) is 11.7 Å². The molecule has 2 aromatic carbocycles. The first-order valence-electron chi connectivity index (χ1n) is 12.7. The Bertz CT molecular complexity index is 1260. The average molecular weight is 510 g/mol. The number of benzene rings is 2. The molecular weight excluding hydrogens is 474 g/mol. The van der Waals surface area contributed by atoms with Crippen molar-refractivity contribution in [2.75, 3.05) is 32.4 Å². The molecule has 1 heterocycles. The number of allylic oxidation sites excluding steroid dienone is 2. The Labute approximate surface area is 213 Å². The molecule has 3 N–H and O–H groups in total. The van der Waals surface area contributed by atoms with Gasteiger partial charge in [0.05, 0.1) is 5.75 Å². The molecule has 4 rings (SSSR count). The molecule has 8 heteroatoms. The second-order valence-electron chi connectivity index (χ2n) is 9.66. The Kier molecular flexibility index (Phi) is 8.39. The lowest BCUT2D eigenvalue weighted by Gasteiger charge is -2.33. The van der Waals surface area contributed by atoms with Crippen molar-refractivity contribution in [2.24, 2.45) is 11.7 Å². The number of primary amides is 1. The Morgan fingerprint density at radius 1 is 1.17 bits per heavy atom. The summed E-state index contributed by atoms with van der Waals surface area (Å²) in [5, 5.41) is 3.00. The smallest absolute Gasteiger partial charge is 0.249 e. The first-order valence-corrected chi connectivity index (χ1v) is 14.3. The lowest BCUT2D eigenvalue weighted by atomic mass is 9.81. The third-order valence-electron chi connectivity index (χ3n) is 7.29. The molecule has 1 aliphatic heterocycles. The molecule has 2 aromatic rings. The molecular formula is C28H35N3O4S. The van der Waals surface area contributed by atoms with Gasteiger partial charge in [0.15, 0.2) is 0 Å². The van der Waals surface area contributed by atoms with Gasteiger partial charge in [-0.1, -0.05) is 24.3 Å². The molecule has 0 unspecified atom stereocenters. The molecule has 0 radical (unpaired) electrons. The summed E-state index contributed by atoms with van der Waals surface area (Å²) in [6, 6.07) is 11.3. The van der Waals surface area contributed by atoms with E-state index >= 15 is 0 Å². The minimum absolute atomic E-state index is 0.162. The Balaban J connectivity index is 1.65. The number of hydrogen-bond acceptors (Lipinski definition) is 5. The fraction of sp³-hybridized carbons (Fsp3) is 0.429. The van der Waals surface area contributed by atoms with Gasteiger partial charge in [-0.15, -0.1) is 0 Å². The first kappa shape index (κ1) is 26.3. The number of nitrogens with zero attached hydrogens (tertiary/aromatic N) is 1. The van der Waals surface area contributed by atoms with Gasteiger partial charge in [0.25, 0.3) is 0 Å². The Hall–Kier alpha value is -2.81. The van der Waals surface area contributed by atoms with Gasteiger partial charge in [0.1, 0.15) is 6.29 Å². The number of fused-ring (bicyclic) bond motifs is 1. The molecule has 0 aromatic heterocycles. The molecule has 192 valence electrons. The number of hydrogen-bond donors (Lipinski definition) is 2. The van der Waals surface area contributed by atoms with Crippen LogP contribution in [0.25, 0.3) is 16.7 Å². The maximum atomic E-state index is 12.8. The minimum atomic E-state index is -3.26. The van der Waals surface area contributed by atoms with E-state index in [9.17, 15) is 18.0 Å². The molecule has 7 nitrogen and oxygen atoms in total. The summed E-state index contributed by atoms with van der Waals surface area (Å²) in [6.07, 6.45) is 7.76. The lowest BCUT2D eigenvalue weighted by Crippen LogP contribution is -2.40. The van der Waals surface area contributed by atoms with Gasteiger partial charge in [-0.3, -0.25) is 9.59 Å². The third-order valence-corrected chi connectivity index (χ3v) is 9.25. The van der Waals surface area contributed by atoms with Gasteiger partial charge in [0.2, 0.25) is 15.9 Å². The van der Waals surface area contributed by atoms with Gasteiger partial charge >= 0.3 is 0 Å². The van der Waals surface area contributed by atoms with Crippen molar-refractivity contribution in [2.45, 2.75) is 38.5 Å². The lowest BCUT2D eigenvalue weighted by molar-refractivity contribution is 0.0999. The highest BCUT2D eigenvalue weighted by Crippen LogP contribution is 2.40. The zero-order chi connectivity index (χ0) is 25.7. The SMILES string of the molecule is CNCCCS(=O)(=O)N1CCC(C2=CCCCc3c(C(N)=O)cc(-c4cccc(C=O)c4)cc32)CC1. The van der Waals surface area contributed by atoms with Gasteiger partial charge < -0.3 is 11.1 Å². The molecule has 1 fully saturated rings. The van der Waals surface area contributed by atoms with Crippen molar-refractivity contribution in [3.63, 3.8) is 0 Å². The summed E-state index contributed by atoms with van der Waals surface area (Å²) in [5.74, 6) is -0.0823. The van der Waals surface area contributed by atoms with Crippen molar-refractivity contribution in [3.8, 4) is 11.1 Å². The quantitative estimate of drug-likeness (QED) is 0.396. The van der Waals surface area contributed by atoms with Crippen molar-refractivity contribution < 1.29 is 18.0 Å². The molecule has 1 amide bonds. The monoisotopic (exact) mass is 509 g/mol. The van der Waals surface area contributed by atoms with E-state index in [1.165, 1.54) is 5.57 Å². The molecule has 2 aliphatic rings. The number of aldehydes is 1. The fourth-order valence-electron chi connectivity index (χ4n) is 5.42. The average Bonchev–Trinajstić information content (AvgIpc) is 3.10. The van der Waals surface area contributed by atoms with Crippen LogP contribution in [0.3, 0.4) is 0 Å². The summed E-state index contributed by atoms with van der Waals surface area (Å²) in [4.78, 5) is 23.8. The first-order chi connectivity index (χ1) is 17.3. The number of carbonyl (C=O) groups excluding carboxylic acids is 2. The van der Waals surface area contributed by atoms with Gasteiger partial charge in [0, 0.05) is 24.2 Å². The van der Waals surface area contributed by atoms with Crippen LogP contribution in [0.4, 0.5) is 0 Å². The maximum Gasteiger partial charge on any atom is 0.249 e. The fourth-order valence-corrected chi connectivity index (χ4v) is 6.95. The Morgan fingerprint density at radius 2 is 1.94 bits per heavy atom. The zero-order valence-corrected chi connectivity index (χ0v) is 21.6. The third kappa shape index (κ3) is 5.77. The second kappa shape index (κ2) is 11.5. The largest absolute Gasteiger partial charge is 0.366 e. The number of sulfonamides is 1. The van der Waals surface area contributed by atoms with Crippen LogP contribution in [-0.2, 0) is 16.4 Å². The van der Waals surface area contributed by atoms with Crippen LogP contribution >= 0.6 is 0 Å². The molecule has 0 bridgehead atoms. The van der Waals surface area contributed by atoms with E-state index in [2.05, 4.69) is 17.5 Å². The summed E-state index contributed by atoms with van der Waals surface area (Å²) in [5.41, 5.74) is 11.8. The van der Waals surface area contributed by atoms with E-state index in [1.807, 2.05) is 31.3 Å². The van der Waals surface area contributed by atoms with Crippen LogP contribution in [0.1, 0.15) is 63.9 Å². The summed E-state index contributed by atoms with van der Waals surface area (Å²) < 4.78 is 27.2. The number of amides is 1. The topological polar surface area (TPSA) is 110 Å². The molecule has 0 spiro atoms. The van der Waals surface area contributed by atoms with E-state index in [1.54, 1.807) is 10.4 Å². The maximum absolute atomic E-state index is 12.8. The number of nitrogens with one attached hydrogen (secondary N) is 1. The van der Waals surface area contributed by atoms with E-state index in [0.717, 1.165) is 60.6 Å². The predicted octanol–water partition coefficient (Wildman–Crippen LogP) is 3.64. The van der Waals surface area contributed by atoms with Crippen LogP contribution in [0.5, 0.6) is 0 Å². The summed E-state index contributed by atoms with van der Waals surface area (Å²) in [7, 11) is -1.44. The van der Waals surface area contributed by atoms with Crippen molar-refractivity contribution in [1.29, 1.82) is 0 Å². The van der Waals surface area contributed by atoms with Crippen LogP contribution in [0.15, 0.2) is 42.5 Å². The standard InChI is InChI=1S/C28H35N3O4S/c1-30-12-5-15-36(34,35)31-13-10-21(11-14-31)24-8-2-3-9-25-26(24)17-23(18-27(25)28(29)33)22-7-4-6-20(16-22)19-32/h4,6-8,16-19,21,30H,2-3,5,9-15H2,1H3,(H2,29,33). The molecule has 36 heavy (non-hydrogen) atoms. The number of carbonyl (C=O) groups is 2. The molecule has 0 saturated carbocycles. The van der Waals surface area contributed by atoms with E-state index in [0.29, 0.717) is 37.2 Å². The minimum Gasteiger partial charge on any atom is -0.366 e. The number of piperidine rings is 1. The predicted molar refractivity (Wildman–Crippen MR) is 143 cm³/mol. The van der Waals surface area contributed by atoms with Crippen molar-refractivity contribution >= 4 is 27.8 Å². The molecule has 0 atom stereocenters. The van der Waals surface area contributed by atoms with Crippen LogP contribution < -0.4 is 11.1 Å². The van der Waals surface area contributed by atoms with E-state index < -0.39 is 15.9 Å². The highest BCUT2D eigenvalue weighted by atomic mass is 32.2. The zero-order valence-electron chi connectivity index (χ0n) is 20.8. The van der Waals surface area contributed by atoms with Crippen LogP contribution in [0.2, 0.25) is 0 Å². The van der Waals surface area contributed by atoms with Crippen molar-refractivity contribution in [1.82, 2.24) is 9.62 Å². The van der Waals surface area contributed by atoms with E-state index in [4.69, 9.17) is 5.73 Å². The van der Waals surface area contributed by atoms with Gasteiger partial charge in [-0.2, -0.15) is 0 Å². The van der Waals surface area contributed by atoms with Gasteiger partial charge in [-0.25, -0.2) is 12.7 Å². The van der Waals surface area contributed by atoms with Crippen molar-refractivity contribution in [3.05, 3.63) is 64.7 Å². The Morgan fingerprint density at radius 3 is 2.64 bits per heavy atom. The highest BCUT2D eigenvalue weighted by molar-refractivity contribution is 7.89. The molecule has 1 aliphatic carbocycles. The highest BCUT2D eigenvalue weighted by Gasteiger charge is 2.31. The summed E-state index contributed by atoms with van der Waals surface area (Å²) in [6.45, 7) is 1.69. The normalized spacial score (nSPS) is 17.2. The number of nitrogens with two attached hydrogens (primary N) is 1. The number of rotatable bonds is 9. The second-order valence-corrected chi connectivity index (χ2v) is 11.7. The molecule has 1 saturated heterocycles.